The van der Waals surface area contributed by atoms with Crippen LogP contribution in [-0.2, 0) is 19.7 Å². The highest BCUT2D eigenvalue weighted by Crippen LogP contribution is 2.37. The van der Waals surface area contributed by atoms with Crippen LogP contribution in [-0.4, -0.2) is 45.2 Å². The molecule has 0 aromatic heterocycles. The minimum Gasteiger partial charge on any atom is -0.229 e. The molecule has 2 fully saturated rings. The van der Waals surface area contributed by atoms with Gasteiger partial charge in [0.2, 0.25) is 0 Å². The Labute approximate surface area is 111 Å². The van der Waals surface area contributed by atoms with E-state index in [0.717, 1.165) is 0 Å². The van der Waals surface area contributed by atoms with Gasteiger partial charge in [-0.15, -0.1) is 0 Å². The second kappa shape index (κ2) is 4.81. The molecule has 2 saturated heterocycles. The van der Waals surface area contributed by atoms with E-state index in [1.165, 1.54) is 0 Å². The predicted octanol–water partition coefficient (Wildman–Crippen LogP) is 0.867. The fourth-order valence-electron chi connectivity index (χ4n) is 2.96. The quantitative estimate of drug-likeness (QED) is 0.712. The molecule has 2 heterocycles. The number of hydrogen-bond donors (Lipinski definition) is 0. The highest BCUT2D eigenvalue weighted by atomic mass is 79.9. The SMILES string of the molecule is O=S1(=O)CCC(C(CBr)C2CCS(=O)(=O)C2)C1. The smallest absolute Gasteiger partial charge is 0.150 e. The lowest BCUT2D eigenvalue weighted by molar-refractivity contribution is 0.296. The average molecular weight is 345 g/mol. The van der Waals surface area contributed by atoms with Crippen LogP contribution in [0.4, 0.5) is 0 Å². The first-order chi connectivity index (χ1) is 7.83. The maximum atomic E-state index is 11.5. The molecule has 17 heavy (non-hydrogen) atoms. The maximum Gasteiger partial charge on any atom is 0.150 e. The summed E-state index contributed by atoms with van der Waals surface area (Å²) in [6, 6.07) is 0. The Morgan fingerprint density at radius 1 is 0.941 bits per heavy atom. The summed E-state index contributed by atoms with van der Waals surface area (Å²) in [5.74, 6) is 1.46. The molecule has 2 rings (SSSR count). The Balaban J connectivity index is 2.08. The topological polar surface area (TPSA) is 68.3 Å². The van der Waals surface area contributed by atoms with Crippen LogP contribution in [0.2, 0.25) is 0 Å². The van der Waals surface area contributed by atoms with E-state index in [0.29, 0.717) is 18.2 Å². The fourth-order valence-corrected chi connectivity index (χ4v) is 7.81. The molecule has 0 aliphatic carbocycles. The molecule has 0 aromatic rings. The molecule has 4 nitrogen and oxygen atoms in total. The van der Waals surface area contributed by atoms with E-state index >= 15 is 0 Å². The van der Waals surface area contributed by atoms with E-state index in [1.54, 1.807) is 0 Å². The molecular formula is C10H17BrO4S2. The van der Waals surface area contributed by atoms with E-state index < -0.39 is 19.7 Å². The predicted molar refractivity (Wildman–Crippen MR) is 70.8 cm³/mol. The first-order valence-electron chi connectivity index (χ1n) is 5.80. The van der Waals surface area contributed by atoms with E-state index in [9.17, 15) is 16.8 Å². The van der Waals surface area contributed by atoms with Crippen molar-refractivity contribution >= 4 is 35.6 Å². The van der Waals surface area contributed by atoms with Crippen LogP contribution in [0.1, 0.15) is 12.8 Å². The van der Waals surface area contributed by atoms with Gasteiger partial charge in [-0.2, -0.15) is 0 Å². The van der Waals surface area contributed by atoms with Crippen molar-refractivity contribution in [3.63, 3.8) is 0 Å². The van der Waals surface area contributed by atoms with Crippen molar-refractivity contribution in [1.29, 1.82) is 0 Å². The van der Waals surface area contributed by atoms with E-state index in [2.05, 4.69) is 15.9 Å². The monoisotopic (exact) mass is 344 g/mol. The molecule has 2 aliphatic heterocycles. The van der Waals surface area contributed by atoms with E-state index in [1.807, 2.05) is 0 Å². The number of rotatable bonds is 3. The molecule has 0 N–H and O–H groups in total. The number of sulfone groups is 2. The van der Waals surface area contributed by atoms with Crippen LogP contribution in [0.5, 0.6) is 0 Å². The minimum absolute atomic E-state index is 0.137. The second-order valence-corrected chi connectivity index (χ2v) is 10.2. The van der Waals surface area contributed by atoms with Gasteiger partial charge < -0.3 is 0 Å². The van der Waals surface area contributed by atoms with Gasteiger partial charge in [0.05, 0.1) is 23.0 Å². The van der Waals surface area contributed by atoms with Crippen molar-refractivity contribution in [2.24, 2.45) is 17.8 Å². The van der Waals surface area contributed by atoms with Gasteiger partial charge in [0.15, 0.2) is 19.7 Å². The average Bonchev–Trinajstić information content (AvgIpc) is 2.72. The lowest BCUT2D eigenvalue weighted by Crippen LogP contribution is -2.27. The number of hydrogen-bond acceptors (Lipinski definition) is 4. The molecule has 0 spiro atoms. The minimum atomic E-state index is -2.88. The largest absolute Gasteiger partial charge is 0.229 e. The Morgan fingerprint density at radius 3 is 1.59 bits per heavy atom. The van der Waals surface area contributed by atoms with Gasteiger partial charge in [-0.25, -0.2) is 16.8 Å². The van der Waals surface area contributed by atoms with Crippen LogP contribution in [0, 0.1) is 17.8 Å². The summed E-state index contributed by atoms with van der Waals surface area (Å²) in [5, 5.41) is 0.702. The third-order valence-electron chi connectivity index (χ3n) is 3.92. The summed E-state index contributed by atoms with van der Waals surface area (Å²) in [6.45, 7) is 0. The van der Waals surface area contributed by atoms with Crippen LogP contribution in [0.25, 0.3) is 0 Å². The summed E-state index contributed by atoms with van der Waals surface area (Å²) in [5.41, 5.74) is 0. The van der Waals surface area contributed by atoms with Gasteiger partial charge in [-0.1, -0.05) is 15.9 Å². The molecule has 2 unspecified atom stereocenters. The molecular weight excluding hydrogens is 328 g/mol. The van der Waals surface area contributed by atoms with Gasteiger partial charge in [0.1, 0.15) is 0 Å². The molecule has 0 saturated carbocycles. The lowest BCUT2D eigenvalue weighted by Gasteiger charge is -2.25. The first kappa shape index (κ1) is 13.8. The summed E-state index contributed by atoms with van der Waals surface area (Å²) in [7, 11) is -5.76. The lowest BCUT2D eigenvalue weighted by atomic mass is 9.82. The Bertz CT molecular complexity index is 438. The standard InChI is InChI=1S/C10H17BrO4S2/c11-5-10(8-1-3-16(12,13)6-8)9-2-4-17(14,15)7-9/h8-10H,1-7H2. The number of alkyl halides is 1. The van der Waals surface area contributed by atoms with Crippen molar-refractivity contribution in [3.8, 4) is 0 Å². The van der Waals surface area contributed by atoms with Crippen molar-refractivity contribution in [3.05, 3.63) is 0 Å². The first-order valence-corrected chi connectivity index (χ1v) is 10.6. The Kier molecular flexibility index (Phi) is 3.91. The fraction of sp³-hybridized carbons (Fsp3) is 1.00. The number of halogens is 1. The second-order valence-electron chi connectivity index (χ2n) is 5.14. The zero-order valence-corrected chi connectivity index (χ0v) is 12.7. The molecule has 2 aliphatic rings. The zero-order valence-electron chi connectivity index (χ0n) is 9.51. The van der Waals surface area contributed by atoms with Crippen molar-refractivity contribution < 1.29 is 16.8 Å². The third-order valence-corrected chi connectivity index (χ3v) is 8.26. The summed E-state index contributed by atoms with van der Waals surface area (Å²) in [4.78, 5) is 0. The third kappa shape index (κ3) is 3.23. The highest BCUT2D eigenvalue weighted by molar-refractivity contribution is 9.09. The Hall–Kier alpha value is 0.380. The van der Waals surface area contributed by atoms with Crippen molar-refractivity contribution in [1.82, 2.24) is 0 Å². The van der Waals surface area contributed by atoms with Gasteiger partial charge in [0, 0.05) is 5.33 Å². The van der Waals surface area contributed by atoms with E-state index in [4.69, 9.17) is 0 Å². The van der Waals surface area contributed by atoms with Crippen LogP contribution < -0.4 is 0 Å². The molecule has 0 bridgehead atoms. The highest BCUT2D eigenvalue weighted by Gasteiger charge is 2.40. The van der Waals surface area contributed by atoms with Crippen LogP contribution in [0.15, 0.2) is 0 Å². The van der Waals surface area contributed by atoms with Crippen molar-refractivity contribution in [2.75, 3.05) is 28.3 Å². The van der Waals surface area contributed by atoms with Gasteiger partial charge in [-0.3, -0.25) is 0 Å². The van der Waals surface area contributed by atoms with Crippen molar-refractivity contribution in [2.45, 2.75) is 12.8 Å². The molecule has 0 aromatic carbocycles. The molecule has 2 atom stereocenters. The van der Waals surface area contributed by atoms with Gasteiger partial charge in [0.25, 0.3) is 0 Å². The van der Waals surface area contributed by atoms with Gasteiger partial charge in [-0.05, 0) is 30.6 Å². The summed E-state index contributed by atoms with van der Waals surface area (Å²) >= 11 is 3.42. The molecule has 0 radical (unpaired) electrons. The Morgan fingerprint density at radius 2 is 1.35 bits per heavy atom. The maximum absolute atomic E-state index is 11.5. The molecule has 7 heteroatoms. The molecule has 0 amide bonds. The van der Waals surface area contributed by atoms with E-state index in [-0.39, 0.29) is 40.8 Å². The van der Waals surface area contributed by atoms with Gasteiger partial charge >= 0.3 is 0 Å². The summed E-state index contributed by atoms with van der Waals surface area (Å²) in [6.07, 6.45) is 1.38. The molecule has 100 valence electrons. The zero-order chi connectivity index (χ0) is 12.7. The summed E-state index contributed by atoms with van der Waals surface area (Å²) < 4.78 is 45.9. The normalized spacial score (nSPS) is 37.0. The van der Waals surface area contributed by atoms with Crippen LogP contribution in [0.3, 0.4) is 0 Å². The van der Waals surface area contributed by atoms with Crippen LogP contribution >= 0.6 is 15.9 Å².